The first-order chi connectivity index (χ1) is 9.48. The number of hydrogen-bond donors (Lipinski definition) is 0. The summed E-state index contributed by atoms with van der Waals surface area (Å²) < 4.78 is 39.9. The van der Waals surface area contributed by atoms with Crippen LogP contribution in [0.2, 0.25) is 0 Å². The largest absolute Gasteiger partial charge is 0.394 e. The fraction of sp³-hybridized carbons (Fsp3) is 1.00. The Morgan fingerprint density at radius 1 is 0.800 bits per heavy atom. The van der Waals surface area contributed by atoms with Gasteiger partial charge in [-0.05, 0) is 31.6 Å². The molecular formula is C17H31F3. The smallest absolute Gasteiger partial charge is 0.170 e. The van der Waals surface area contributed by atoms with Crippen LogP contribution in [-0.4, -0.2) is 6.18 Å². The molecule has 0 N–H and O–H groups in total. The Morgan fingerprint density at radius 3 is 1.55 bits per heavy atom. The minimum atomic E-state index is -3.98. The van der Waals surface area contributed by atoms with Gasteiger partial charge in [-0.3, -0.25) is 0 Å². The molecule has 0 radical (unpaired) electrons. The van der Waals surface area contributed by atoms with Crippen molar-refractivity contribution in [1.82, 2.24) is 0 Å². The minimum Gasteiger partial charge on any atom is -0.170 e. The van der Waals surface area contributed by atoms with E-state index in [9.17, 15) is 13.2 Å². The van der Waals surface area contributed by atoms with Crippen molar-refractivity contribution in [3.63, 3.8) is 0 Å². The number of halogens is 3. The summed E-state index contributed by atoms with van der Waals surface area (Å²) in [6.45, 7) is 4.28. The van der Waals surface area contributed by atoms with E-state index in [1.807, 2.05) is 0 Å². The van der Waals surface area contributed by atoms with Gasteiger partial charge in [-0.2, -0.15) is 13.2 Å². The maximum atomic E-state index is 13.3. The maximum absolute atomic E-state index is 13.3. The second kappa shape index (κ2) is 8.29. The maximum Gasteiger partial charge on any atom is 0.394 e. The zero-order valence-corrected chi connectivity index (χ0v) is 13.2. The van der Waals surface area contributed by atoms with Gasteiger partial charge in [0, 0.05) is 0 Å². The fourth-order valence-electron chi connectivity index (χ4n) is 3.39. The average Bonchev–Trinajstić information content (AvgIpc) is 3.18. The summed E-state index contributed by atoms with van der Waals surface area (Å²) in [6, 6.07) is 0. The predicted molar refractivity (Wildman–Crippen MR) is 78.7 cm³/mol. The van der Waals surface area contributed by atoms with E-state index >= 15 is 0 Å². The van der Waals surface area contributed by atoms with Crippen LogP contribution in [0, 0.1) is 11.3 Å². The second-order valence-corrected chi connectivity index (χ2v) is 6.55. The van der Waals surface area contributed by atoms with Crippen molar-refractivity contribution >= 4 is 0 Å². The van der Waals surface area contributed by atoms with Gasteiger partial charge in [0.1, 0.15) is 0 Å². The molecule has 1 fully saturated rings. The molecule has 120 valence electrons. The van der Waals surface area contributed by atoms with E-state index in [0.29, 0.717) is 12.8 Å². The van der Waals surface area contributed by atoms with Gasteiger partial charge in [0.05, 0.1) is 5.41 Å². The SMILES string of the molecule is CCCCCCC(CCCCCC)C1(C(F)(F)F)CC1. The van der Waals surface area contributed by atoms with Gasteiger partial charge in [-0.25, -0.2) is 0 Å². The van der Waals surface area contributed by atoms with Gasteiger partial charge in [-0.1, -0.05) is 65.2 Å². The first-order valence-corrected chi connectivity index (χ1v) is 8.54. The second-order valence-electron chi connectivity index (χ2n) is 6.55. The van der Waals surface area contributed by atoms with Crippen LogP contribution < -0.4 is 0 Å². The number of alkyl halides is 3. The average molecular weight is 292 g/mol. The van der Waals surface area contributed by atoms with E-state index in [1.165, 1.54) is 0 Å². The Hall–Kier alpha value is -0.210. The van der Waals surface area contributed by atoms with Crippen LogP contribution in [0.25, 0.3) is 0 Å². The highest BCUT2D eigenvalue weighted by atomic mass is 19.4. The lowest BCUT2D eigenvalue weighted by Crippen LogP contribution is -2.32. The zero-order valence-electron chi connectivity index (χ0n) is 13.2. The molecule has 1 aliphatic carbocycles. The van der Waals surface area contributed by atoms with Crippen molar-refractivity contribution in [2.75, 3.05) is 0 Å². The molecule has 0 bridgehead atoms. The minimum absolute atomic E-state index is 0.115. The quantitative estimate of drug-likeness (QED) is 0.364. The fourth-order valence-corrected chi connectivity index (χ4v) is 3.39. The standard InChI is InChI=1S/C17H31F3/c1-3-5-7-9-11-15(12-10-8-6-4-2)16(13-14-16)17(18,19)20/h15H,3-14H2,1-2H3. The molecule has 0 spiro atoms. The lowest BCUT2D eigenvalue weighted by atomic mass is 9.80. The Morgan fingerprint density at radius 2 is 1.25 bits per heavy atom. The molecule has 3 heteroatoms. The van der Waals surface area contributed by atoms with E-state index < -0.39 is 11.6 Å². The molecular weight excluding hydrogens is 261 g/mol. The lowest BCUT2D eigenvalue weighted by Gasteiger charge is -2.29. The van der Waals surface area contributed by atoms with Gasteiger partial charge in [0.25, 0.3) is 0 Å². The molecule has 0 aromatic rings. The molecule has 0 heterocycles. The zero-order chi connectivity index (χ0) is 15.1. The molecule has 1 rings (SSSR count). The summed E-state index contributed by atoms with van der Waals surface area (Å²) >= 11 is 0. The Labute approximate surface area is 122 Å². The third kappa shape index (κ3) is 4.96. The molecule has 1 aliphatic rings. The summed E-state index contributed by atoms with van der Waals surface area (Å²) in [5.41, 5.74) is -1.30. The third-order valence-electron chi connectivity index (χ3n) is 4.95. The topological polar surface area (TPSA) is 0 Å². The van der Waals surface area contributed by atoms with E-state index in [-0.39, 0.29) is 5.92 Å². The molecule has 0 aromatic carbocycles. The van der Waals surface area contributed by atoms with Gasteiger partial charge < -0.3 is 0 Å². The molecule has 0 aromatic heterocycles. The van der Waals surface area contributed by atoms with Crippen molar-refractivity contribution in [1.29, 1.82) is 0 Å². The first kappa shape index (κ1) is 17.8. The third-order valence-corrected chi connectivity index (χ3v) is 4.95. The van der Waals surface area contributed by atoms with E-state index in [2.05, 4.69) is 13.8 Å². The monoisotopic (exact) mass is 292 g/mol. The Balaban J connectivity index is 2.47. The van der Waals surface area contributed by atoms with Crippen LogP contribution in [0.5, 0.6) is 0 Å². The molecule has 0 atom stereocenters. The highest BCUT2D eigenvalue weighted by Crippen LogP contribution is 2.64. The van der Waals surface area contributed by atoms with Gasteiger partial charge in [0.15, 0.2) is 0 Å². The summed E-state index contributed by atoms with van der Waals surface area (Å²) in [4.78, 5) is 0. The number of unbranched alkanes of at least 4 members (excludes halogenated alkanes) is 6. The summed E-state index contributed by atoms with van der Waals surface area (Å²) in [5, 5.41) is 0. The molecule has 0 nitrogen and oxygen atoms in total. The Bertz CT molecular complexity index is 241. The molecule has 0 amide bonds. The normalized spacial score (nSPS) is 17.7. The number of rotatable bonds is 11. The van der Waals surface area contributed by atoms with Crippen LogP contribution in [-0.2, 0) is 0 Å². The number of hydrogen-bond acceptors (Lipinski definition) is 0. The van der Waals surface area contributed by atoms with Gasteiger partial charge >= 0.3 is 6.18 Å². The molecule has 20 heavy (non-hydrogen) atoms. The van der Waals surface area contributed by atoms with Crippen LogP contribution in [0.1, 0.15) is 90.9 Å². The van der Waals surface area contributed by atoms with Crippen LogP contribution in [0.15, 0.2) is 0 Å². The van der Waals surface area contributed by atoms with Crippen molar-refractivity contribution in [2.45, 2.75) is 97.1 Å². The van der Waals surface area contributed by atoms with Gasteiger partial charge in [-0.15, -0.1) is 0 Å². The molecule has 0 aliphatic heterocycles. The van der Waals surface area contributed by atoms with E-state index in [4.69, 9.17) is 0 Å². The highest BCUT2D eigenvalue weighted by molar-refractivity contribution is 5.03. The lowest BCUT2D eigenvalue weighted by molar-refractivity contribution is -0.204. The van der Waals surface area contributed by atoms with Crippen molar-refractivity contribution in [2.24, 2.45) is 11.3 Å². The van der Waals surface area contributed by atoms with Crippen molar-refractivity contribution < 1.29 is 13.2 Å². The van der Waals surface area contributed by atoms with Crippen molar-refractivity contribution in [3.8, 4) is 0 Å². The van der Waals surface area contributed by atoms with E-state index in [0.717, 1.165) is 64.2 Å². The molecule has 0 saturated heterocycles. The van der Waals surface area contributed by atoms with Gasteiger partial charge in [0.2, 0.25) is 0 Å². The predicted octanol–water partition coefficient (Wildman–Crippen LogP) is 6.89. The molecule has 0 unspecified atom stereocenters. The molecule has 1 saturated carbocycles. The van der Waals surface area contributed by atoms with Crippen molar-refractivity contribution in [3.05, 3.63) is 0 Å². The summed E-state index contributed by atoms with van der Waals surface area (Å²) in [6.07, 6.45) is 7.08. The first-order valence-electron chi connectivity index (χ1n) is 8.54. The summed E-state index contributed by atoms with van der Waals surface area (Å²) in [5.74, 6) is -0.115. The Kier molecular flexibility index (Phi) is 7.39. The van der Waals surface area contributed by atoms with Crippen LogP contribution in [0.4, 0.5) is 13.2 Å². The van der Waals surface area contributed by atoms with Crippen LogP contribution >= 0.6 is 0 Å². The van der Waals surface area contributed by atoms with Crippen LogP contribution in [0.3, 0.4) is 0 Å². The summed E-state index contributed by atoms with van der Waals surface area (Å²) in [7, 11) is 0. The highest BCUT2D eigenvalue weighted by Gasteiger charge is 2.66. The van der Waals surface area contributed by atoms with E-state index in [1.54, 1.807) is 0 Å².